The molecule has 0 aromatic carbocycles. The quantitative estimate of drug-likeness (QED) is 0.285. The Hall–Kier alpha value is -1.06. The lowest BCUT2D eigenvalue weighted by molar-refractivity contribution is -0.117. The van der Waals surface area contributed by atoms with E-state index in [9.17, 15) is 4.79 Å². The topological polar surface area (TPSA) is 81.5 Å². The maximum Gasteiger partial charge on any atom is 0.202 e. The predicted octanol–water partition coefficient (Wildman–Crippen LogP) is 0.613. The Bertz CT molecular complexity index is 217. The molecule has 13 heavy (non-hydrogen) atoms. The molecule has 0 aliphatic heterocycles. The molecule has 74 valence electrons. The summed E-state index contributed by atoms with van der Waals surface area (Å²) in [5, 5.41) is 3.23. The lowest BCUT2D eigenvalue weighted by Gasteiger charge is -2.24. The van der Waals surface area contributed by atoms with E-state index in [4.69, 9.17) is 11.6 Å². The number of amidine groups is 1. The normalized spacial score (nSPS) is 30.1. The number of hydrazone groups is 1. The molecule has 0 heterocycles. The van der Waals surface area contributed by atoms with Gasteiger partial charge in [0.1, 0.15) is 0 Å². The number of Topliss-reactive ketones (excluding diaryl/α,β-unsaturated/α-hetero) is 1. The van der Waals surface area contributed by atoms with Crippen LogP contribution in [0, 0.1) is 11.8 Å². The smallest absolute Gasteiger partial charge is 0.202 e. The van der Waals surface area contributed by atoms with Crippen LogP contribution in [0.4, 0.5) is 0 Å². The van der Waals surface area contributed by atoms with Gasteiger partial charge in [0.05, 0.1) is 0 Å². The van der Waals surface area contributed by atoms with Crippen molar-refractivity contribution in [2.45, 2.75) is 32.6 Å². The van der Waals surface area contributed by atoms with Crippen molar-refractivity contribution in [2.24, 2.45) is 28.5 Å². The Morgan fingerprint density at radius 3 is 2.31 bits per heavy atom. The fourth-order valence-corrected chi connectivity index (χ4v) is 1.80. The van der Waals surface area contributed by atoms with Crippen LogP contribution in [0.2, 0.25) is 0 Å². The first-order valence-corrected chi connectivity index (χ1v) is 4.72. The highest BCUT2D eigenvalue weighted by atomic mass is 16.1. The second-order valence-corrected chi connectivity index (χ2v) is 3.84. The molecule has 0 bridgehead atoms. The molecule has 0 amide bonds. The van der Waals surface area contributed by atoms with Gasteiger partial charge < -0.3 is 11.6 Å². The molecule has 1 rings (SSSR count). The average Bonchev–Trinajstić information content (AvgIpc) is 2.17. The van der Waals surface area contributed by atoms with Gasteiger partial charge in [0.2, 0.25) is 5.78 Å². The highest BCUT2D eigenvalue weighted by molar-refractivity contribution is 6.38. The molecule has 0 atom stereocenters. The number of nitrogens with zero attached hydrogens (tertiary/aromatic N) is 1. The van der Waals surface area contributed by atoms with Gasteiger partial charge in [0.15, 0.2) is 5.84 Å². The molecule has 0 unspecified atom stereocenters. The molecular weight excluding hydrogens is 166 g/mol. The summed E-state index contributed by atoms with van der Waals surface area (Å²) in [5.74, 6) is 5.64. The second-order valence-electron chi connectivity index (χ2n) is 3.84. The first-order chi connectivity index (χ1) is 6.15. The Morgan fingerprint density at radius 1 is 1.31 bits per heavy atom. The summed E-state index contributed by atoms with van der Waals surface area (Å²) < 4.78 is 0. The number of nitrogens with two attached hydrogens (primary N) is 2. The number of hydrogen-bond acceptors (Lipinski definition) is 3. The van der Waals surface area contributed by atoms with E-state index in [2.05, 4.69) is 12.0 Å². The fraction of sp³-hybridized carbons (Fsp3) is 0.778. The van der Waals surface area contributed by atoms with Crippen LogP contribution in [0.3, 0.4) is 0 Å². The van der Waals surface area contributed by atoms with E-state index in [1.165, 1.54) is 0 Å². The minimum absolute atomic E-state index is 0.0282. The predicted molar refractivity (Wildman–Crippen MR) is 51.9 cm³/mol. The van der Waals surface area contributed by atoms with Crippen LogP contribution in [0.25, 0.3) is 0 Å². The van der Waals surface area contributed by atoms with Gasteiger partial charge in [-0.3, -0.25) is 4.79 Å². The van der Waals surface area contributed by atoms with Crippen molar-refractivity contribution in [3.63, 3.8) is 0 Å². The number of carbonyl (C=O) groups is 1. The molecule has 0 spiro atoms. The van der Waals surface area contributed by atoms with Crippen molar-refractivity contribution in [1.82, 2.24) is 0 Å². The Morgan fingerprint density at radius 2 is 1.85 bits per heavy atom. The number of carbonyl (C=O) groups excluding carboxylic acids is 1. The molecule has 4 N–H and O–H groups in total. The van der Waals surface area contributed by atoms with E-state index < -0.39 is 0 Å². The summed E-state index contributed by atoms with van der Waals surface area (Å²) >= 11 is 0. The third kappa shape index (κ3) is 2.44. The molecule has 1 fully saturated rings. The van der Waals surface area contributed by atoms with E-state index in [-0.39, 0.29) is 17.5 Å². The van der Waals surface area contributed by atoms with Crippen molar-refractivity contribution in [3.8, 4) is 0 Å². The van der Waals surface area contributed by atoms with Crippen LogP contribution in [0.15, 0.2) is 5.10 Å². The van der Waals surface area contributed by atoms with Crippen LogP contribution in [-0.4, -0.2) is 11.6 Å². The number of rotatable bonds is 2. The third-order valence-electron chi connectivity index (χ3n) is 2.78. The van der Waals surface area contributed by atoms with E-state index in [0.29, 0.717) is 0 Å². The average molecular weight is 183 g/mol. The SMILES string of the molecule is CC1CCC(C(=O)/C(N)=N/N)CC1. The molecule has 4 nitrogen and oxygen atoms in total. The minimum Gasteiger partial charge on any atom is -0.379 e. The van der Waals surface area contributed by atoms with Crippen molar-refractivity contribution in [1.29, 1.82) is 0 Å². The monoisotopic (exact) mass is 183 g/mol. The molecule has 1 aliphatic rings. The van der Waals surface area contributed by atoms with E-state index >= 15 is 0 Å². The molecule has 0 aromatic rings. The van der Waals surface area contributed by atoms with Gasteiger partial charge >= 0.3 is 0 Å². The van der Waals surface area contributed by atoms with E-state index in [1.54, 1.807) is 0 Å². The highest BCUT2D eigenvalue weighted by Gasteiger charge is 2.26. The van der Waals surface area contributed by atoms with Crippen molar-refractivity contribution in [3.05, 3.63) is 0 Å². The number of hydrogen-bond donors (Lipinski definition) is 2. The summed E-state index contributed by atoms with van der Waals surface area (Å²) in [7, 11) is 0. The molecule has 0 aromatic heterocycles. The fourth-order valence-electron chi connectivity index (χ4n) is 1.80. The minimum atomic E-state index is -0.0746. The van der Waals surface area contributed by atoms with Crippen LogP contribution < -0.4 is 11.6 Å². The van der Waals surface area contributed by atoms with Gasteiger partial charge in [-0.1, -0.05) is 19.8 Å². The zero-order valence-corrected chi connectivity index (χ0v) is 7.99. The Balaban J connectivity index is 2.50. The summed E-state index contributed by atoms with van der Waals surface area (Å²) in [6.45, 7) is 2.21. The summed E-state index contributed by atoms with van der Waals surface area (Å²) in [4.78, 5) is 11.5. The van der Waals surface area contributed by atoms with Gasteiger partial charge in [-0.15, -0.1) is 0 Å². The Kier molecular flexibility index (Phi) is 3.28. The van der Waals surface area contributed by atoms with Gasteiger partial charge in [0.25, 0.3) is 0 Å². The zero-order chi connectivity index (χ0) is 9.84. The summed E-state index contributed by atoms with van der Waals surface area (Å²) in [6, 6.07) is 0. The van der Waals surface area contributed by atoms with Gasteiger partial charge in [-0.25, -0.2) is 0 Å². The highest BCUT2D eigenvalue weighted by Crippen LogP contribution is 2.28. The van der Waals surface area contributed by atoms with Gasteiger partial charge in [0, 0.05) is 5.92 Å². The third-order valence-corrected chi connectivity index (χ3v) is 2.78. The number of ketones is 1. The van der Waals surface area contributed by atoms with Crippen molar-refractivity contribution in [2.75, 3.05) is 0 Å². The van der Waals surface area contributed by atoms with Gasteiger partial charge in [-0.05, 0) is 18.8 Å². The molecular formula is C9H17N3O. The lowest BCUT2D eigenvalue weighted by Crippen LogP contribution is -2.33. The Labute approximate surface area is 78.4 Å². The first kappa shape index (κ1) is 10.0. The van der Waals surface area contributed by atoms with Crippen molar-refractivity contribution < 1.29 is 4.79 Å². The van der Waals surface area contributed by atoms with Crippen LogP contribution in [0.1, 0.15) is 32.6 Å². The molecule has 0 saturated heterocycles. The van der Waals surface area contributed by atoms with E-state index in [1.807, 2.05) is 0 Å². The van der Waals surface area contributed by atoms with Crippen LogP contribution in [-0.2, 0) is 4.79 Å². The largest absolute Gasteiger partial charge is 0.379 e. The molecule has 1 aliphatic carbocycles. The maximum atomic E-state index is 11.5. The summed E-state index contributed by atoms with van der Waals surface area (Å²) in [6.07, 6.45) is 4.06. The molecule has 0 radical (unpaired) electrons. The molecule has 1 saturated carbocycles. The van der Waals surface area contributed by atoms with Crippen LogP contribution >= 0.6 is 0 Å². The summed E-state index contributed by atoms with van der Waals surface area (Å²) in [5.41, 5.74) is 5.36. The van der Waals surface area contributed by atoms with Crippen molar-refractivity contribution >= 4 is 11.6 Å². The lowest BCUT2D eigenvalue weighted by atomic mass is 9.81. The maximum absolute atomic E-state index is 11.5. The van der Waals surface area contributed by atoms with Crippen LogP contribution in [0.5, 0.6) is 0 Å². The second kappa shape index (κ2) is 4.25. The van der Waals surface area contributed by atoms with Gasteiger partial charge in [-0.2, -0.15) is 5.10 Å². The standard InChI is InChI=1S/C9H17N3O/c1-6-2-4-7(5-3-6)8(13)9(10)12-11/h6-7H,2-5,11H2,1H3,(H2,10,12). The molecule has 4 heteroatoms. The zero-order valence-electron chi connectivity index (χ0n) is 7.99. The first-order valence-electron chi connectivity index (χ1n) is 4.72. The van der Waals surface area contributed by atoms with E-state index in [0.717, 1.165) is 31.6 Å².